The highest BCUT2D eigenvalue weighted by molar-refractivity contribution is 7.99. The van der Waals surface area contributed by atoms with Gasteiger partial charge in [-0.2, -0.15) is 0 Å². The van der Waals surface area contributed by atoms with Gasteiger partial charge in [0.2, 0.25) is 0 Å². The van der Waals surface area contributed by atoms with E-state index >= 15 is 0 Å². The van der Waals surface area contributed by atoms with Crippen molar-refractivity contribution in [1.82, 2.24) is 0 Å². The quantitative estimate of drug-likeness (QED) is 0.847. The van der Waals surface area contributed by atoms with E-state index in [4.69, 9.17) is 0 Å². The Balaban J connectivity index is 2.40. The van der Waals surface area contributed by atoms with Gasteiger partial charge in [0.15, 0.2) is 0 Å². The third-order valence-corrected chi connectivity index (χ3v) is 4.69. The van der Waals surface area contributed by atoms with Crippen molar-refractivity contribution < 1.29 is 10.2 Å². The fourth-order valence-electron chi connectivity index (χ4n) is 2.33. The highest BCUT2D eigenvalue weighted by Gasteiger charge is 2.10. The molecule has 0 spiro atoms. The van der Waals surface area contributed by atoms with E-state index in [0.717, 1.165) is 24.0 Å². The zero-order valence-corrected chi connectivity index (χ0v) is 12.9. The van der Waals surface area contributed by atoms with E-state index in [1.807, 2.05) is 26.0 Å². The zero-order chi connectivity index (χ0) is 14.7. The number of benzene rings is 2. The molecule has 2 aromatic carbocycles. The molecule has 0 amide bonds. The molecule has 2 N–H and O–H groups in total. The number of phenols is 2. The van der Waals surface area contributed by atoms with Crippen molar-refractivity contribution in [3.63, 3.8) is 0 Å². The maximum atomic E-state index is 9.63. The molecule has 0 saturated carbocycles. The maximum absolute atomic E-state index is 9.63. The number of hydrogen-bond acceptors (Lipinski definition) is 3. The first-order valence-corrected chi connectivity index (χ1v) is 7.63. The second-order valence-corrected chi connectivity index (χ2v) is 6.10. The maximum Gasteiger partial charge on any atom is 0.116 e. The molecule has 0 heterocycles. The Hall–Kier alpha value is -1.61. The lowest BCUT2D eigenvalue weighted by Gasteiger charge is -2.13. The molecule has 0 atom stereocenters. The molecular weight excluding hydrogens is 268 g/mol. The van der Waals surface area contributed by atoms with Crippen LogP contribution in [0.4, 0.5) is 0 Å². The van der Waals surface area contributed by atoms with Crippen LogP contribution in [0.1, 0.15) is 30.0 Å². The van der Waals surface area contributed by atoms with Crippen molar-refractivity contribution >= 4 is 11.8 Å². The molecule has 2 nitrogen and oxygen atoms in total. The summed E-state index contributed by atoms with van der Waals surface area (Å²) in [5, 5.41) is 19.3. The summed E-state index contributed by atoms with van der Waals surface area (Å²) in [6.45, 7) is 6.15. The lowest BCUT2D eigenvalue weighted by atomic mass is 10.1. The minimum atomic E-state index is 0.309. The fraction of sp³-hybridized carbons (Fsp3) is 0.294. The second-order valence-electron chi connectivity index (χ2n) is 5.05. The van der Waals surface area contributed by atoms with Crippen molar-refractivity contribution in [2.75, 3.05) is 0 Å². The molecule has 106 valence electrons. The minimum Gasteiger partial charge on any atom is -0.508 e. The summed E-state index contributed by atoms with van der Waals surface area (Å²) in [5.41, 5.74) is 3.32. The van der Waals surface area contributed by atoms with Crippen molar-refractivity contribution in [3.05, 3.63) is 47.0 Å². The third kappa shape index (κ3) is 3.28. The van der Waals surface area contributed by atoms with E-state index in [2.05, 4.69) is 6.92 Å². The molecule has 20 heavy (non-hydrogen) atoms. The zero-order valence-electron chi connectivity index (χ0n) is 12.1. The van der Waals surface area contributed by atoms with Crippen LogP contribution in [-0.4, -0.2) is 10.2 Å². The van der Waals surface area contributed by atoms with Crippen LogP contribution in [0.5, 0.6) is 11.5 Å². The minimum absolute atomic E-state index is 0.309. The summed E-state index contributed by atoms with van der Waals surface area (Å²) in [7, 11) is 0. The topological polar surface area (TPSA) is 40.5 Å². The van der Waals surface area contributed by atoms with Crippen molar-refractivity contribution in [3.8, 4) is 11.5 Å². The number of aromatic hydroxyl groups is 2. The van der Waals surface area contributed by atoms with Crippen LogP contribution in [0, 0.1) is 13.8 Å². The summed E-state index contributed by atoms with van der Waals surface area (Å²) in [6, 6.07) is 9.12. The molecule has 0 fully saturated rings. The number of hydrogen-bond donors (Lipinski definition) is 2. The van der Waals surface area contributed by atoms with Gasteiger partial charge < -0.3 is 10.2 Å². The fourth-order valence-corrected chi connectivity index (χ4v) is 3.42. The van der Waals surface area contributed by atoms with Crippen LogP contribution in [0.2, 0.25) is 0 Å². The monoisotopic (exact) mass is 288 g/mol. The van der Waals surface area contributed by atoms with Crippen LogP contribution < -0.4 is 0 Å². The highest BCUT2D eigenvalue weighted by atomic mass is 32.2. The average molecular weight is 288 g/mol. The Morgan fingerprint density at radius 2 is 1.60 bits per heavy atom. The van der Waals surface area contributed by atoms with Crippen LogP contribution in [0.15, 0.2) is 40.1 Å². The van der Waals surface area contributed by atoms with Gasteiger partial charge in [-0.3, -0.25) is 0 Å². The van der Waals surface area contributed by atoms with Gasteiger partial charge in [0.05, 0.1) is 0 Å². The van der Waals surface area contributed by atoms with Crippen molar-refractivity contribution in [2.24, 2.45) is 0 Å². The molecule has 0 aliphatic rings. The largest absolute Gasteiger partial charge is 0.508 e. The number of rotatable bonds is 4. The lowest BCUT2D eigenvalue weighted by molar-refractivity contribution is 0.473. The Labute approximate surface area is 124 Å². The van der Waals surface area contributed by atoms with Crippen LogP contribution >= 0.6 is 11.8 Å². The van der Waals surface area contributed by atoms with Gasteiger partial charge in [-0.25, -0.2) is 0 Å². The highest BCUT2D eigenvalue weighted by Crippen LogP contribution is 2.38. The summed E-state index contributed by atoms with van der Waals surface area (Å²) in [6.07, 6.45) is 2.00. The van der Waals surface area contributed by atoms with Gasteiger partial charge >= 0.3 is 0 Å². The molecule has 3 heteroatoms. The predicted molar refractivity (Wildman–Crippen MR) is 83.8 cm³/mol. The molecule has 0 aliphatic carbocycles. The number of aryl methyl sites for hydroxylation is 3. The molecule has 0 radical (unpaired) electrons. The predicted octanol–water partition coefficient (Wildman–Crippen LogP) is 4.82. The molecule has 2 rings (SSSR count). The summed E-state index contributed by atoms with van der Waals surface area (Å²) >= 11 is 1.70. The average Bonchev–Trinajstić information content (AvgIpc) is 2.36. The molecule has 0 bridgehead atoms. The summed E-state index contributed by atoms with van der Waals surface area (Å²) in [5.74, 6) is 0.626. The molecule has 0 aliphatic heterocycles. The Morgan fingerprint density at radius 3 is 2.20 bits per heavy atom. The lowest BCUT2D eigenvalue weighted by Crippen LogP contribution is -1.90. The first kappa shape index (κ1) is 14.8. The molecule has 0 unspecified atom stereocenters. The van der Waals surface area contributed by atoms with E-state index in [9.17, 15) is 10.2 Å². The third-order valence-electron chi connectivity index (χ3n) is 3.22. The molecular formula is C17H20O2S. The Kier molecular flexibility index (Phi) is 4.61. The smallest absolute Gasteiger partial charge is 0.116 e. The van der Waals surface area contributed by atoms with Crippen LogP contribution in [-0.2, 0) is 6.42 Å². The van der Waals surface area contributed by atoms with E-state index in [1.54, 1.807) is 30.0 Å². The molecule has 0 saturated heterocycles. The Morgan fingerprint density at radius 1 is 0.950 bits per heavy atom. The van der Waals surface area contributed by atoms with Gasteiger partial charge in [0.25, 0.3) is 0 Å². The standard InChI is InChI=1S/C17H20O2S/c1-4-5-13-10-14(18)6-7-16(13)20-17-11(2)8-15(19)9-12(17)3/h6-10,18-19H,4-5H2,1-3H3. The van der Waals surface area contributed by atoms with Gasteiger partial charge in [0, 0.05) is 9.79 Å². The van der Waals surface area contributed by atoms with Gasteiger partial charge in [0.1, 0.15) is 11.5 Å². The van der Waals surface area contributed by atoms with E-state index in [1.165, 1.54) is 15.4 Å². The van der Waals surface area contributed by atoms with E-state index < -0.39 is 0 Å². The number of phenolic OH excluding ortho intramolecular Hbond substituents is 2. The summed E-state index contributed by atoms with van der Waals surface area (Å²) in [4.78, 5) is 2.34. The van der Waals surface area contributed by atoms with Gasteiger partial charge in [-0.15, -0.1) is 0 Å². The first-order valence-electron chi connectivity index (χ1n) is 6.81. The van der Waals surface area contributed by atoms with Crippen LogP contribution in [0.25, 0.3) is 0 Å². The Bertz CT molecular complexity index is 597. The van der Waals surface area contributed by atoms with E-state index in [0.29, 0.717) is 11.5 Å². The van der Waals surface area contributed by atoms with E-state index in [-0.39, 0.29) is 0 Å². The van der Waals surface area contributed by atoms with Crippen molar-refractivity contribution in [2.45, 2.75) is 43.4 Å². The normalized spacial score (nSPS) is 10.8. The summed E-state index contributed by atoms with van der Waals surface area (Å²) < 4.78 is 0. The second kappa shape index (κ2) is 6.23. The first-order chi connectivity index (χ1) is 9.51. The van der Waals surface area contributed by atoms with Gasteiger partial charge in [-0.05, 0) is 67.3 Å². The van der Waals surface area contributed by atoms with Crippen LogP contribution in [0.3, 0.4) is 0 Å². The molecule has 2 aromatic rings. The van der Waals surface area contributed by atoms with Crippen molar-refractivity contribution in [1.29, 1.82) is 0 Å². The molecule has 0 aromatic heterocycles. The SMILES string of the molecule is CCCc1cc(O)ccc1Sc1c(C)cc(O)cc1C. The van der Waals surface area contributed by atoms with Gasteiger partial charge in [-0.1, -0.05) is 25.1 Å².